The minimum absolute atomic E-state index is 0.354. The topological polar surface area (TPSA) is 17.1 Å². The third-order valence-electron chi connectivity index (χ3n) is 2.33. The van der Waals surface area contributed by atoms with Gasteiger partial charge in [0.2, 0.25) is 0 Å². The Balaban J connectivity index is 2.06. The molecule has 2 aromatic heterocycles. The Hall–Kier alpha value is -0.670. The molecule has 0 unspecified atom stereocenters. The fourth-order valence-corrected chi connectivity index (χ4v) is 3.56. The van der Waals surface area contributed by atoms with Gasteiger partial charge in [0, 0.05) is 15.3 Å². The van der Waals surface area contributed by atoms with Gasteiger partial charge < -0.3 is 0 Å². The first-order valence-corrected chi connectivity index (χ1v) is 6.05. The molecule has 0 aliphatic heterocycles. The van der Waals surface area contributed by atoms with Crippen LogP contribution in [0.15, 0.2) is 17.5 Å². The molecule has 1 aliphatic carbocycles. The van der Waals surface area contributed by atoms with Crippen LogP contribution in [0, 0.1) is 5.92 Å². The first-order valence-electron chi connectivity index (χ1n) is 4.36. The zero-order valence-corrected chi connectivity index (χ0v) is 8.58. The van der Waals surface area contributed by atoms with Crippen molar-refractivity contribution >= 4 is 37.9 Å². The van der Waals surface area contributed by atoms with Crippen LogP contribution in [0.2, 0.25) is 0 Å². The van der Waals surface area contributed by atoms with E-state index in [4.69, 9.17) is 0 Å². The average molecular weight is 208 g/mol. The van der Waals surface area contributed by atoms with Gasteiger partial charge in [-0.1, -0.05) is 0 Å². The summed E-state index contributed by atoms with van der Waals surface area (Å²) < 4.78 is 2.52. The monoisotopic (exact) mass is 208 g/mol. The van der Waals surface area contributed by atoms with Gasteiger partial charge >= 0.3 is 0 Å². The number of fused-ring (bicyclic) bond motifs is 1. The summed E-state index contributed by atoms with van der Waals surface area (Å²) in [5.74, 6) is 0.723. The lowest BCUT2D eigenvalue weighted by atomic mass is 10.2. The van der Waals surface area contributed by atoms with E-state index >= 15 is 0 Å². The van der Waals surface area contributed by atoms with Crippen LogP contribution in [0.1, 0.15) is 22.5 Å². The number of carbonyl (C=O) groups excluding carboxylic acids is 1. The Kier molecular flexibility index (Phi) is 1.58. The molecule has 1 fully saturated rings. The van der Waals surface area contributed by atoms with Gasteiger partial charge in [0.1, 0.15) is 0 Å². The fourth-order valence-electron chi connectivity index (χ4n) is 1.43. The minimum Gasteiger partial charge on any atom is -0.293 e. The maximum atomic E-state index is 11.7. The van der Waals surface area contributed by atoms with Gasteiger partial charge in [0.15, 0.2) is 5.78 Å². The normalized spacial score (nSPS) is 16.6. The molecular weight excluding hydrogens is 200 g/mol. The molecule has 1 nitrogen and oxygen atoms in total. The number of carbonyl (C=O) groups is 1. The number of rotatable bonds is 2. The molecule has 1 saturated carbocycles. The fraction of sp³-hybridized carbons (Fsp3) is 0.300. The summed E-state index contributed by atoms with van der Waals surface area (Å²) in [6.07, 6.45) is 2.20. The predicted molar refractivity (Wildman–Crippen MR) is 56.8 cm³/mol. The Bertz CT molecular complexity index is 433. The van der Waals surface area contributed by atoms with Gasteiger partial charge in [-0.3, -0.25) is 4.79 Å². The van der Waals surface area contributed by atoms with Gasteiger partial charge in [-0.05, 0) is 30.4 Å². The average Bonchev–Trinajstić information content (AvgIpc) is 2.73. The second-order valence-electron chi connectivity index (χ2n) is 3.40. The second-order valence-corrected chi connectivity index (χ2v) is 5.43. The lowest BCUT2D eigenvalue weighted by Crippen LogP contribution is -1.96. The number of hydrogen-bond acceptors (Lipinski definition) is 3. The van der Waals surface area contributed by atoms with Gasteiger partial charge in [-0.15, -0.1) is 22.7 Å². The van der Waals surface area contributed by atoms with Crippen LogP contribution in [0.5, 0.6) is 0 Å². The molecule has 0 spiro atoms. The summed E-state index contributed by atoms with van der Waals surface area (Å²) in [5.41, 5.74) is 0. The van der Waals surface area contributed by atoms with Crippen LogP contribution in [0.25, 0.3) is 9.40 Å². The minimum atomic E-state index is 0.354. The molecule has 0 radical (unpaired) electrons. The van der Waals surface area contributed by atoms with Crippen LogP contribution in [-0.4, -0.2) is 5.78 Å². The molecule has 0 bridgehead atoms. The highest BCUT2D eigenvalue weighted by Gasteiger charge is 2.31. The Morgan fingerprint density at radius 3 is 2.92 bits per heavy atom. The zero-order valence-electron chi connectivity index (χ0n) is 6.95. The first kappa shape index (κ1) is 7.71. The third-order valence-corrected chi connectivity index (χ3v) is 4.44. The van der Waals surface area contributed by atoms with E-state index in [1.807, 2.05) is 6.07 Å². The molecular formula is C10H8OS2. The van der Waals surface area contributed by atoms with E-state index in [1.165, 1.54) is 9.40 Å². The summed E-state index contributed by atoms with van der Waals surface area (Å²) in [5, 5.41) is 2.08. The van der Waals surface area contributed by atoms with Gasteiger partial charge in [0.05, 0.1) is 4.88 Å². The lowest BCUT2D eigenvalue weighted by Gasteiger charge is -1.89. The summed E-state index contributed by atoms with van der Waals surface area (Å²) >= 11 is 3.36. The molecule has 0 amide bonds. The summed E-state index contributed by atoms with van der Waals surface area (Å²) in [4.78, 5) is 12.7. The molecule has 3 rings (SSSR count). The van der Waals surface area contributed by atoms with E-state index in [-0.39, 0.29) is 0 Å². The molecule has 0 atom stereocenters. The lowest BCUT2D eigenvalue weighted by molar-refractivity contribution is 0.0971. The number of hydrogen-bond donors (Lipinski definition) is 0. The van der Waals surface area contributed by atoms with Crippen molar-refractivity contribution in [3.05, 3.63) is 22.4 Å². The summed E-state index contributed by atoms with van der Waals surface area (Å²) in [6.45, 7) is 0. The smallest absolute Gasteiger partial charge is 0.175 e. The largest absolute Gasteiger partial charge is 0.293 e. The van der Waals surface area contributed by atoms with Crippen molar-refractivity contribution < 1.29 is 4.79 Å². The molecule has 2 heterocycles. The standard InChI is InChI=1S/C10H8OS2/c11-10(6-1-2-6)9-5-8-7(13-9)3-4-12-8/h3-6H,1-2H2. The molecule has 2 aromatic rings. The van der Waals surface area contributed by atoms with Crippen molar-refractivity contribution in [3.63, 3.8) is 0 Å². The van der Waals surface area contributed by atoms with Crippen molar-refractivity contribution in [2.45, 2.75) is 12.8 Å². The molecule has 13 heavy (non-hydrogen) atoms. The quantitative estimate of drug-likeness (QED) is 0.690. The highest BCUT2D eigenvalue weighted by atomic mass is 32.1. The van der Waals surface area contributed by atoms with E-state index in [2.05, 4.69) is 11.4 Å². The van der Waals surface area contributed by atoms with E-state index in [0.717, 1.165) is 17.7 Å². The van der Waals surface area contributed by atoms with Crippen molar-refractivity contribution in [1.29, 1.82) is 0 Å². The van der Waals surface area contributed by atoms with Crippen molar-refractivity contribution in [2.24, 2.45) is 5.92 Å². The maximum Gasteiger partial charge on any atom is 0.175 e. The zero-order chi connectivity index (χ0) is 8.84. The van der Waals surface area contributed by atoms with Crippen LogP contribution in [0.3, 0.4) is 0 Å². The van der Waals surface area contributed by atoms with Crippen LogP contribution < -0.4 is 0 Å². The number of ketones is 1. The van der Waals surface area contributed by atoms with Crippen LogP contribution in [-0.2, 0) is 0 Å². The van der Waals surface area contributed by atoms with Crippen LogP contribution in [0.4, 0.5) is 0 Å². The maximum absolute atomic E-state index is 11.7. The van der Waals surface area contributed by atoms with Crippen LogP contribution >= 0.6 is 22.7 Å². The van der Waals surface area contributed by atoms with Crippen molar-refractivity contribution in [3.8, 4) is 0 Å². The highest BCUT2D eigenvalue weighted by Crippen LogP contribution is 2.37. The Labute approximate surface area is 84.0 Å². The number of thiophene rings is 2. The van der Waals surface area contributed by atoms with Gasteiger partial charge in [-0.25, -0.2) is 0 Å². The van der Waals surface area contributed by atoms with Gasteiger partial charge in [-0.2, -0.15) is 0 Å². The van der Waals surface area contributed by atoms with E-state index in [0.29, 0.717) is 11.7 Å². The Morgan fingerprint density at radius 2 is 2.23 bits per heavy atom. The van der Waals surface area contributed by atoms with Crippen molar-refractivity contribution in [1.82, 2.24) is 0 Å². The summed E-state index contributed by atoms with van der Waals surface area (Å²) in [6, 6.07) is 4.14. The SMILES string of the molecule is O=C(c1cc2sccc2s1)C1CC1. The Morgan fingerprint density at radius 1 is 1.38 bits per heavy atom. The third kappa shape index (κ3) is 1.23. The first-order chi connectivity index (χ1) is 6.34. The molecule has 0 aromatic carbocycles. The molecule has 0 saturated heterocycles. The summed E-state index contributed by atoms with van der Waals surface area (Å²) in [7, 11) is 0. The molecule has 3 heteroatoms. The predicted octanol–water partition coefficient (Wildman–Crippen LogP) is 3.56. The second kappa shape index (κ2) is 2.66. The highest BCUT2D eigenvalue weighted by molar-refractivity contribution is 7.27. The molecule has 66 valence electrons. The molecule has 0 N–H and O–H groups in total. The number of Topliss-reactive ketones (excluding diaryl/α,β-unsaturated/α-hetero) is 1. The van der Waals surface area contributed by atoms with Gasteiger partial charge in [0.25, 0.3) is 0 Å². The van der Waals surface area contributed by atoms with Crippen molar-refractivity contribution in [2.75, 3.05) is 0 Å². The van der Waals surface area contributed by atoms with E-state index < -0.39 is 0 Å². The van der Waals surface area contributed by atoms with E-state index in [9.17, 15) is 4.79 Å². The van der Waals surface area contributed by atoms with E-state index in [1.54, 1.807) is 22.7 Å². The molecule has 1 aliphatic rings.